The number of hydrogen-bond acceptors (Lipinski definition) is 3. The molecule has 0 spiro atoms. The van der Waals surface area contributed by atoms with E-state index in [2.05, 4.69) is 31.3 Å². The molecule has 1 N–H and O–H groups in total. The Morgan fingerprint density at radius 2 is 1.89 bits per heavy atom. The molecule has 100 valence electrons. The summed E-state index contributed by atoms with van der Waals surface area (Å²) in [7, 11) is 1.76. The molecular formula is C15H23NOS. The van der Waals surface area contributed by atoms with Crippen molar-refractivity contribution < 1.29 is 4.74 Å². The zero-order chi connectivity index (χ0) is 13.0. The van der Waals surface area contributed by atoms with Gasteiger partial charge in [0.05, 0.1) is 7.11 Å². The van der Waals surface area contributed by atoms with Crippen molar-refractivity contribution in [2.75, 3.05) is 26.0 Å². The third kappa shape index (κ3) is 3.42. The van der Waals surface area contributed by atoms with Crippen molar-refractivity contribution in [3.8, 4) is 5.75 Å². The fourth-order valence-corrected chi connectivity index (χ4v) is 3.58. The monoisotopic (exact) mass is 265 g/mol. The molecule has 2 nitrogen and oxygen atoms in total. The molecular weight excluding hydrogens is 242 g/mol. The third-order valence-electron chi connectivity index (χ3n) is 3.71. The first-order valence-corrected chi connectivity index (χ1v) is 7.68. The van der Waals surface area contributed by atoms with E-state index in [-0.39, 0.29) is 0 Å². The lowest BCUT2D eigenvalue weighted by Crippen LogP contribution is -2.28. The topological polar surface area (TPSA) is 21.3 Å². The van der Waals surface area contributed by atoms with Crippen LogP contribution in [0.3, 0.4) is 0 Å². The standard InChI is InChI=1S/C15H23NOS/c1-11-8-14(17-3)15(9-12(11)2)18-10-13-4-6-16-7-5-13/h8-9,13,16H,4-7,10H2,1-3H3. The van der Waals surface area contributed by atoms with Crippen LogP contribution in [-0.2, 0) is 0 Å². The molecule has 0 amide bonds. The molecule has 0 aromatic heterocycles. The van der Waals surface area contributed by atoms with Gasteiger partial charge in [-0.2, -0.15) is 0 Å². The van der Waals surface area contributed by atoms with Crippen molar-refractivity contribution in [1.82, 2.24) is 5.32 Å². The highest BCUT2D eigenvalue weighted by Gasteiger charge is 2.14. The Hall–Kier alpha value is -0.670. The van der Waals surface area contributed by atoms with Gasteiger partial charge < -0.3 is 10.1 Å². The van der Waals surface area contributed by atoms with Crippen LogP contribution in [0.4, 0.5) is 0 Å². The molecule has 3 heteroatoms. The van der Waals surface area contributed by atoms with E-state index < -0.39 is 0 Å². The van der Waals surface area contributed by atoms with Crippen molar-refractivity contribution >= 4 is 11.8 Å². The van der Waals surface area contributed by atoms with E-state index in [1.807, 2.05) is 11.8 Å². The maximum Gasteiger partial charge on any atom is 0.132 e. The molecule has 1 fully saturated rings. The molecule has 1 aliphatic rings. The van der Waals surface area contributed by atoms with Gasteiger partial charge in [0.2, 0.25) is 0 Å². The van der Waals surface area contributed by atoms with E-state index in [9.17, 15) is 0 Å². The van der Waals surface area contributed by atoms with Gasteiger partial charge in [-0.25, -0.2) is 0 Å². The Kier molecular flexibility index (Phi) is 4.95. The number of hydrogen-bond donors (Lipinski definition) is 1. The number of ether oxygens (including phenoxy) is 1. The van der Waals surface area contributed by atoms with Crippen LogP contribution >= 0.6 is 11.8 Å². The third-order valence-corrected chi connectivity index (χ3v) is 4.98. The summed E-state index contributed by atoms with van der Waals surface area (Å²) in [5, 5.41) is 3.42. The molecule has 0 saturated carbocycles. The zero-order valence-electron chi connectivity index (χ0n) is 11.6. The molecule has 1 aliphatic heterocycles. The van der Waals surface area contributed by atoms with Crippen molar-refractivity contribution in [2.45, 2.75) is 31.6 Å². The minimum absolute atomic E-state index is 0.850. The smallest absolute Gasteiger partial charge is 0.132 e. The minimum atomic E-state index is 0.850. The average Bonchev–Trinajstić information content (AvgIpc) is 2.41. The molecule has 18 heavy (non-hydrogen) atoms. The van der Waals surface area contributed by atoms with E-state index >= 15 is 0 Å². The van der Waals surface area contributed by atoms with E-state index in [0.29, 0.717) is 0 Å². The highest BCUT2D eigenvalue weighted by atomic mass is 32.2. The molecule has 1 aromatic carbocycles. The van der Waals surface area contributed by atoms with Gasteiger partial charge in [-0.1, -0.05) is 0 Å². The summed E-state index contributed by atoms with van der Waals surface area (Å²) < 4.78 is 5.49. The second-order valence-corrected chi connectivity index (χ2v) is 6.15. The van der Waals surface area contributed by atoms with Crippen LogP contribution in [0.25, 0.3) is 0 Å². The highest BCUT2D eigenvalue weighted by Crippen LogP contribution is 2.34. The van der Waals surface area contributed by atoms with Crippen LogP contribution in [0, 0.1) is 19.8 Å². The van der Waals surface area contributed by atoms with E-state index in [1.165, 1.54) is 47.7 Å². The normalized spacial score (nSPS) is 16.8. The van der Waals surface area contributed by atoms with Crippen molar-refractivity contribution in [3.05, 3.63) is 23.3 Å². The quantitative estimate of drug-likeness (QED) is 0.843. The van der Waals surface area contributed by atoms with Crippen LogP contribution in [0.2, 0.25) is 0 Å². The summed E-state index contributed by atoms with van der Waals surface area (Å²) in [5.41, 5.74) is 2.65. The maximum absolute atomic E-state index is 5.49. The summed E-state index contributed by atoms with van der Waals surface area (Å²) in [6.07, 6.45) is 2.61. The lowest BCUT2D eigenvalue weighted by Gasteiger charge is -2.22. The summed E-state index contributed by atoms with van der Waals surface area (Å²) in [6, 6.07) is 4.42. The van der Waals surface area contributed by atoms with Crippen LogP contribution in [0.5, 0.6) is 5.75 Å². The molecule has 1 aromatic rings. The number of nitrogens with one attached hydrogen (secondary N) is 1. The number of rotatable bonds is 4. The van der Waals surface area contributed by atoms with E-state index in [4.69, 9.17) is 4.74 Å². The predicted molar refractivity (Wildman–Crippen MR) is 78.8 cm³/mol. The first-order chi connectivity index (χ1) is 8.70. The minimum Gasteiger partial charge on any atom is -0.496 e. The Bertz CT molecular complexity index is 400. The number of benzene rings is 1. The van der Waals surface area contributed by atoms with Crippen LogP contribution in [0.1, 0.15) is 24.0 Å². The number of methoxy groups -OCH3 is 1. The second-order valence-electron chi connectivity index (χ2n) is 5.09. The lowest BCUT2D eigenvalue weighted by molar-refractivity contribution is 0.401. The highest BCUT2D eigenvalue weighted by molar-refractivity contribution is 7.99. The fourth-order valence-electron chi connectivity index (χ4n) is 2.29. The predicted octanol–water partition coefficient (Wildman–Crippen LogP) is 3.40. The van der Waals surface area contributed by atoms with Crippen molar-refractivity contribution in [2.24, 2.45) is 5.92 Å². The molecule has 0 radical (unpaired) electrons. The summed E-state index contributed by atoms with van der Waals surface area (Å²) in [5.74, 6) is 3.08. The molecule has 0 bridgehead atoms. The summed E-state index contributed by atoms with van der Waals surface area (Å²) in [6.45, 7) is 6.66. The van der Waals surface area contributed by atoms with Gasteiger partial charge >= 0.3 is 0 Å². The molecule has 0 aliphatic carbocycles. The SMILES string of the molecule is COc1cc(C)c(C)cc1SCC1CCNCC1. The lowest BCUT2D eigenvalue weighted by atomic mass is 10.0. The van der Waals surface area contributed by atoms with Gasteiger partial charge in [-0.3, -0.25) is 0 Å². The van der Waals surface area contributed by atoms with Gasteiger partial charge in [-0.05, 0) is 69.0 Å². The van der Waals surface area contributed by atoms with Crippen molar-refractivity contribution in [3.63, 3.8) is 0 Å². The largest absolute Gasteiger partial charge is 0.496 e. The van der Waals surface area contributed by atoms with E-state index in [1.54, 1.807) is 7.11 Å². The van der Waals surface area contributed by atoms with Gasteiger partial charge in [0.25, 0.3) is 0 Å². The zero-order valence-corrected chi connectivity index (χ0v) is 12.4. The van der Waals surface area contributed by atoms with Gasteiger partial charge in [0.15, 0.2) is 0 Å². The maximum atomic E-state index is 5.49. The fraction of sp³-hybridized carbons (Fsp3) is 0.600. The molecule has 0 unspecified atom stereocenters. The van der Waals surface area contributed by atoms with Crippen LogP contribution < -0.4 is 10.1 Å². The van der Waals surface area contributed by atoms with Gasteiger partial charge in [0, 0.05) is 10.6 Å². The summed E-state index contributed by atoms with van der Waals surface area (Å²) >= 11 is 1.95. The van der Waals surface area contributed by atoms with Gasteiger partial charge in [0.1, 0.15) is 5.75 Å². The number of aryl methyl sites for hydroxylation is 2. The Balaban J connectivity index is 2.01. The van der Waals surface area contributed by atoms with Crippen molar-refractivity contribution in [1.29, 1.82) is 0 Å². The molecule has 1 saturated heterocycles. The Labute approximate surface area is 114 Å². The van der Waals surface area contributed by atoms with E-state index in [0.717, 1.165) is 11.7 Å². The first-order valence-electron chi connectivity index (χ1n) is 6.69. The summed E-state index contributed by atoms with van der Waals surface area (Å²) in [4.78, 5) is 1.29. The second kappa shape index (κ2) is 6.48. The Morgan fingerprint density at radius 1 is 1.22 bits per heavy atom. The van der Waals surface area contributed by atoms with Crippen LogP contribution in [-0.4, -0.2) is 26.0 Å². The molecule has 2 rings (SSSR count). The number of piperidine rings is 1. The van der Waals surface area contributed by atoms with Gasteiger partial charge in [-0.15, -0.1) is 11.8 Å². The van der Waals surface area contributed by atoms with Crippen LogP contribution in [0.15, 0.2) is 17.0 Å². The molecule has 0 atom stereocenters. The number of thioether (sulfide) groups is 1. The average molecular weight is 265 g/mol. The molecule has 1 heterocycles. The Morgan fingerprint density at radius 3 is 2.56 bits per heavy atom. The first kappa shape index (κ1) is 13.8.